The van der Waals surface area contributed by atoms with Crippen molar-refractivity contribution in [2.45, 2.75) is 65.5 Å². The first-order valence-electron chi connectivity index (χ1n) is 6.87. The predicted molar refractivity (Wildman–Crippen MR) is 74.6 cm³/mol. The lowest BCUT2D eigenvalue weighted by molar-refractivity contribution is 0.372. The second-order valence-electron chi connectivity index (χ2n) is 5.21. The van der Waals surface area contributed by atoms with Crippen molar-refractivity contribution >= 4 is 11.3 Å². The van der Waals surface area contributed by atoms with Crippen LogP contribution in [0.25, 0.3) is 0 Å². The third-order valence-corrected chi connectivity index (χ3v) is 4.81. The van der Waals surface area contributed by atoms with Crippen LogP contribution in [-0.4, -0.2) is 11.0 Å². The summed E-state index contributed by atoms with van der Waals surface area (Å²) < 4.78 is 0. The molecule has 96 valence electrons. The summed E-state index contributed by atoms with van der Waals surface area (Å²) in [7, 11) is 0. The lowest BCUT2D eigenvalue weighted by Crippen LogP contribution is -2.28. The van der Waals surface area contributed by atoms with Gasteiger partial charge in [-0.1, -0.05) is 27.2 Å². The molecular formula is C14H24N2S. The Labute approximate surface area is 109 Å². The second kappa shape index (κ2) is 5.49. The molecule has 1 fully saturated rings. The van der Waals surface area contributed by atoms with Crippen molar-refractivity contribution in [1.29, 1.82) is 0 Å². The Morgan fingerprint density at radius 2 is 2.12 bits per heavy atom. The van der Waals surface area contributed by atoms with E-state index in [1.54, 1.807) is 0 Å². The highest BCUT2D eigenvalue weighted by molar-refractivity contribution is 7.11. The molecule has 3 heteroatoms. The molecule has 0 bridgehead atoms. The van der Waals surface area contributed by atoms with Crippen molar-refractivity contribution < 1.29 is 0 Å². The van der Waals surface area contributed by atoms with Crippen molar-refractivity contribution in [3.63, 3.8) is 0 Å². The van der Waals surface area contributed by atoms with Crippen LogP contribution in [0.3, 0.4) is 0 Å². The van der Waals surface area contributed by atoms with E-state index < -0.39 is 0 Å². The molecule has 1 N–H and O–H groups in total. The zero-order valence-corrected chi connectivity index (χ0v) is 12.2. The van der Waals surface area contributed by atoms with E-state index in [1.807, 2.05) is 11.3 Å². The molecule has 0 aromatic carbocycles. The van der Waals surface area contributed by atoms with E-state index in [0.717, 1.165) is 12.5 Å². The van der Waals surface area contributed by atoms with Gasteiger partial charge in [-0.25, -0.2) is 4.98 Å². The van der Waals surface area contributed by atoms with Gasteiger partial charge >= 0.3 is 0 Å². The van der Waals surface area contributed by atoms with Gasteiger partial charge in [0.25, 0.3) is 0 Å². The minimum absolute atomic E-state index is 0.469. The largest absolute Gasteiger partial charge is 0.305 e. The number of thiazole rings is 1. The minimum Gasteiger partial charge on any atom is -0.305 e. The summed E-state index contributed by atoms with van der Waals surface area (Å²) in [4.78, 5) is 6.23. The van der Waals surface area contributed by atoms with Gasteiger partial charge < -0.3 is 5.32 Å². The summed E-state index contributed by atoms with van der Waals surface area (Å²) in [5.74, 6) is 0.672. The van der Waals surface area contributed by atoms with Gasteiger partial charge in [0.2, 0.25) is 0 Å². The number of nitrogens with one attached hydrogen (secondary N) is 1. The van der Waals surface area contributed by atoms with Crippen LogP contribution >= 0.6 is 11.3 Å². The summed E-state index contributed by atoms with van der Waals surface area (Å²) in [6.45, 7) is 9.00. The molecule has 17 heavy (non-hydrogen) atoms. The van der Waals surface area contributed by atoms with Gasteiger partial charge in [0.05, 0.1) is 11.7 Å². The molecule has 2 nitrogen and oxygen atoms in total. The molecular weight excluding hydrogens is 228 g/mol. The van der Waals surface area contributed by atoms with E-state index in [4.69, 9.17) is 4.98 Å². The number of hydrogen-bond acceptors (Lipinski definition) is 3. The molecule has 1 aromatic rings. The smallest absolute Gasteiger partial charge is 0.110 e. The average molecular weight is 252 g/mol. The summed E-state index contributed by atoms with van der Waals surface area (Å²) in [6, 6.07) is 1.22. The van der Waals surface area contributed by atoms with Crippen LogP contribution in [0.4, 0.5) is 0 Å². The zero-order chi connectivity index (χ0) is 12.4. The first kappa shape index (κ1) is 13.0. The normalized spacial score (nSPS) is 19.3. The zero-order valence-electron chi connectivity index (χ0n) is 11.4. The summed E-state index contributed by atoms with van der Waals surface area (Å²) >= 11 is 1.89. The molecule has 2 rings (SSSR count). The second-order valence-corrected chi connectivity index (χ2v) is 6.45. The molecule has 0 aliphatic heterocycles. The fraction of sp³-hybridized carbons (Fsp3) is 0.786. The van der Waals surface area contributed by atoms with Crippen LogP contribution in [0.5, 0.6) is 0 Å². The van der Waals surface area contributed by atoms with Gasteiger partial charge in [-0.05, 0) is 32.1 Å². The van der Waals surface area contributed by atoms with Gasteiger partial charge in [0.15, 0.2) is 0 Å². The van der Waals surface area contributed by atoms with Crippen molar-refractivity contribution in [2.24, 2.45) is 5.92 Å². The van der Waals surface area contributed by atoms with E-state index in [-0.39, 0.29) is 0 Å². The highest BCUT2D eigenvalue weighted by Gasteiger charge is 2.29. The molecule has 2 unspecified atom stereocenters. The molecule has 0 amide bonds. The number of aromatic nitrogens is 1. The fourth-order valence-corrected chi connectivity index (χ4v) is 3.33. The van der Waals surface area contributed by atoms with Crippen molar-refractivity contribution in [3.05, 3.63) is 15.6 Å². The summed E-state index contributed by atoms with van der Waals surface area (Å²) in [5, 5.41) is 5.08. The Morgan fingerprint density at radius 3 is 2.59 bits per heavy atom. The molecule has 0 saturated heterocycles. The van der Waals surface area contributed by atoms with E-state index in [1.165, 1.54) is 34.8 Å². The highest BCUT2D eigenvalue weighted by Crippen LogP contribution is 2.33. The SMILES string of the molecule is CCc1nc(C(NC2CC2)C(C)CC)sc1C. The van der Waals surface area contributed by atoms with E-state index in [2.05, 4.69) is 33.0 Å². The quantitative estimate of drug-likeness (QED) is 0.831. The van der Waals surface area contributed by atoms with Gasteiger partial charge in [0.1, 0.15) is 5.01 Å². The number of nitrogens with zero attached hydrogens (tertiary/aromatic N) is 1. The van der Waals surface area contributed by atoms with Crippen LogP contribution in [0.2, 0.25) is 0 Å². The number of hydrogen-bond donors (Lipinski definition) is 1. The number of aryl methyl sites for hydroxylation is 2. The monoisotopic (exact) mass is 252 g/mol. The Morgan fingerprint density at radius 1 is 1.41 bits per heavy atom. The molecule has 1 aliphatic carbocycles. The van der Waals surface area contributed by atoms with Crippen molar-refractivity contribution in [3.8, 4) is 0 Å². The van der Waals surface area contributed by atoms with Gasteiger partial charge in [-0.3, -0.25) is 0 Å². The van der Waals surface area contributed by atoms with Crippen LogP contribution in [0.1, 0.15) is 61.7 Å². The minimum atomic E-state index is 0.469. The summed E-state index contributed by atoms with van der Waals surface area (Å²) in [6.07, 6.45) is 4.96. The molecule has 2 atom stereocenters. The van der Waals surface area contributed by atoms with Crippen LogP contribution < -0.4 is 5.32 Å². The molecule has 1 aliphatic rings. The lowest BCUT2D eigenvalue weighted by Gasteiger charge is -2.22. The first-order valence-corrected chi connectivity index (χ1v) is 7.69. The third kappa shape index (κ3) is 3.08. The number of rotatable bonds is 6. The standard InChI is InChI=1S/C14H24N2S/c1-5-9(3)13(15-11-7-8-11)14-16-12(6-2)10(4)17-14/h9,11,13,15H,5-8H2,1-4H3. The predicted octanol–water partition coefficient (Wildman–Crippen LogP) is 3.85. The third-order valence-electron chi connectivity index (χ3n) is 3.72. The Kier molecular flexibility index (Phi) is 4.21. The van der Waals surface area contributed by atoms with E-state index in [0.29, 0.717) is 12.0 Å². The fourth-order valence-electron chi connectivity index (χ4n) is 2.13. The van der Waals surface area contributed by atoms with Gasteiger partial charge in [0, 0.05) is 10.9 Å². The topological polar surface area (TPSA) is 24.9 Å². The van der Waals surface area contributed by atoms with Gasteiger partial charge in [-0.15, -0.1) is 11.3 Å². The summed E-state index contributed by atoms with van der Waals surface area (Å²) in [5.41, 5.74) is 1.29. The maximum atomic E-state index is 4.83. The van der Waals surface area contributed by atoms with Gasteiger partial charge in [-0.2, -0.15) is 0 Å². The molecule has 1 aromatic heterocycles. The molecule has 0 spiro atoms. The van der Waals surface area contributed by atoms with Crippen LogP contribution in [0.15, 0.2) is 0 Å². The molecule has 0 radical (unpaired) electrons. The van der Waals surface area contributed by atoms with E-state index >= 15 is 0 Å². The van der Waals surface area contributed by atoms with Crippen molar-refractivity contribution in [2.75, 3.05) is 0 Å². The Balaban J connectivity index is 2.17. The van der Waals surface area contributed by atoms with Crippen LogP contribution in [-0.2, 0) is 6.42 Å². The van der Waals surface area contributed by atoms with Crippen molar-refractivity contribution in [1.82, 2.24) is 10.3 Å². The lowest BCUT2D eigenvalue weighted by atomic mass is 9.99. The van der Waals surface area contributed by atoms with Crippen LogP contribution in [0, 0.1) is 12.8 Å². The molecule has 1 heterocycles. The van der Waals surface area contributed by atoms with E-state index in [9.17, 15) is 0 Å². The first-order chi connectivity index (χ1) is 8.15. The maximum absolute atomic E-state index is 4.83. The average Bonchev–Trinajstić information content (AvgIpc) is 3.07. The highest BCUT2D eigenvalue weighted by atomic mass is 32.1. The molecule has 1 saturated carbocycles. The maximum Gasteiger partial charge on any atom is 0.110 e. The Bertz CT molecular complexity index is 368. The Hall–Kier alpha value is -0.410.